The molecule has 0 spiro atoms. The number of rotatable bonds is 4. The quantitative estimate of drug-likeness (QED) is 0.781. The molecule has 0 radical (unpaired) electrons. The lowest BCUT2D eigenvalue weighted by Crippen LogP contribution is -2.17. The van der Waals surface area contributed by atoms with Gasteiger partial charge in [-0.3, -0.25) is 4.98 Å². The summed E-state index contributed by atoms with van der Waals surface area (Å²) in [6.45, 7) is 0.744. The predicted octanol–water partition coefficient (Wildman–Crippen LogP) is 4.27. The minimum Gasteiger partial charge on any atom is -0.367 e. The van der Waals surface area contributed by atoms with E-state index in [0.29, 0.717) is 0 Å². The molecule has 1 aromatic carbocycles. The number of pyridine rings is 1. The summed E-state index contributed by atoms with van der Waals surface area (Å²) in [5, 5.41) is 1.59. The van der Waals surface area contributed by atoms with Crippen molar-refractivity contribution in [3.05, 3.63) is 58.9 Å². The van der Waals surface area contributed by atoms with Crippen LogP contribution in [-0.2, 0) is 11.9 Å². The maximum absolute atomic E-state index is 6.29. The summed E-state index contributed by atoms with van der Waals surface area (Å²) in [7, 11) is 2.02. The smallest absolute Gasteiger partial charge is 0.0642 e. The van der Waals surface area contributed by atoms with Gasteiger partial charge >= 0.3 is 0 Å². The molecule has 0 N–H and O–H groups in total. The molecule has 0 atom stereocenters. The van der Waals surface area contributed by atoms with Crippen molar-refractivity contribution in [3.63, 3.8) is 0 Å². The first-order valence-electron chi connectivity index (χ1n) is 5.66. The lowest BCUT2D eigenvalue weighted by Gasteiger charge is -2.20. The maximum atomic E-state index is 6.29. The first-order chi connectivity index (χ1) is 8.70. The van der Waals surface area contributed by atoms with Crippen LogP contribution in [0, 0.1) is 0 Å². The van der Waals surface area contributed by atoms with Crippen LogP contribution in [-0.4, -0.2) is 12.0 Å². The van der Waals surface area contributed by atoms with Crippen molar-refractivity contribution in [1.29, 1.82) is 0 Å². The number of hydrogen-bond donors (Lipinski definition) is 0. The Bertz CT molecular complexity index is 516. The number of hydrogen-bond acceptors (Lipinski definition) is 2. The highest BCUT2D eigenvalue weighted by molar-refractivity contribution is 9.08. The maximum Gasteiger partial charge on any atom is 0.0642 e. The highest BCUT2D eigenvalue weighted by Gasteiger charge is 2.07. The van der Waals surface area contributed by atoms with E-state index in [-0.39, 0.29) is 0 Å². The van der Waals surface area contributed by atoms with E-state index in [4.69, 9.17) is 11.6 Å². The summed E-state index contributed by atoms with van der Waals surface area (Å²) < 4.78 is 0. The molecule has 0 fully saturated rings. The van der Waals surface area contributed by atoms with Crippen LogP contribution < -0.4 is 4.90 Å². The van der Waals surface area contributed by atoms with Gasteiger partial charge in [-0.05, 0) is 29.8 Å². The minimum atomic E-state index is 0.744. The number of nitrogens with zero attached hydrogens (tertiary/aromatic N) is 2. The zero-order chi connectivity index (χ0) is 13.0. The lowest BCUT2D eigenvalue weighted by molar-refractivity contribution is 0.885. The van der Waals surface area contributed by atoms with Crippen LogP contribution in [0.15, 0.2) is 42.6 Å². The van der Waals surface area contributed by atoms with Gasteiger partial charge in [-0.15, -0.1) is 0 Å². The van der Waals surface area contributed by atoms with Crippen LogP contribution in [0.3, 0.4) is 0 Å². The minimum absolute atomic E-state index is 0.744. The molecule has 0 saturated carbocycles. The van der Waals surface area contributed by atoms with Gasteiger partial charge in [-0.25, -0.2) is 0 Å². The predicted molar refractivity (Wildman–Crippen MR) is 80.4 cm³/mol. The molecule has 0 saturated heterocycles. The van der Waals surface area contributed by atoms with Crippen LogP contribution in [0.1, 0.15) is 11.3 Å². The standard InChI is InChI=1S/C14H14BrClN2/c1-18(10-12-4-2-3-7-17-12)14-6-5-11(9-15)8-13(14)16/h2-8H,9-10H2,1H3. The number of anilines is 1. The first kappa shape index (κ1) is 13.4. The summed E-state index contributed by atoms with van der Waals surface area (Å²) in [6.07, 6.45) is 1.80. The first-order valence-corrected chi connectivity index (χ1v) is 7.16. The van der Waals surface area contributed by atoms with Crippen molar-refractivity contribution < 1.29 is 0 Å². The third-order valence-corrected chi connectivity index (χ3v) is 3.65. The van der Waals surface area contributed by atoms with Crippen molar-refractivity contribution in [2.45, 2.75) is 11.9 Å². The van der Waals surface area contributed by atoms with Gasteiger partial charge in [0.25, 0.3) is 0 Å². The van der Waals surface area contributed by atoms with E-state index in [9.17, 15) is 0 Å². The highest BCUT2D eigenvalue weighted by atomic mass is 79.9. The molecule has 94 valence electrons. The third kappa shape index (κ3) is 3.24. The fraction of sp³-hybridized carbons (Fsp3) is 0.214. The van der Waals surface area contributed by atoms with Gasteiger partial charge in [-0.1, -0.05) is 39.7 Å². The molecular formula is C14H14BrClN2. The molecule has 0 unspecified atom stereocenters. The molecule has 2 nitrogen and oxygen atoms in total. The Morgan fingerprint density at radius 2 is 2.11 bits per heavy atom. The van der Waals surface area contributed by atoms with Gasteiger partial charge in [0, 0.05) is 18.6 Å². The molecule has 0 aliphatic heterocycles. The molecular weight excluding hydrogens is 312 g/mol. The van der Waals surface area contributed by atoms with Gasteiger partial charge in [0.05, 0.1) is 22.9 Å². The Balaban J connectivity index is 2.16. The number of benzene rings is 1. The summed E-state index contributed by atoms with van der Waals surface area (Å²) in [5.74, 6) is 0. The normalized spacial score (nSPS) is 10.4. The summed E-state index contributed by atoms with van der Waals surface area (Å²) in [6, 6.07) is 12.0. The Morgan fingerprint density at radius 3 is 2.72 bits per heavy atom. The molecule has 2 aromatic rings. The third-order valence-electron chi connectivity index (χ3n) is 2.70. The summed E-state index contributed by atoms with van der Waals surface area (Å²) >= 11 is 9.71. The van der Waals surface area contributed by atoms with Crippen LogP contribution >= 0.6 is 27.5 Å². The fourth-order valence-electron chi connectivity index (χ4n) is 1.76. The van der Waals surface area contributed by atoms with Crippen LogP contribution in [0.4, 0.5) is 5.69 Å². The molecule has 0 aliphatic rings. The summed E-state index contributed by atoms with van der Waals surface area (Å²) in [5.41, 5.74) is 3.22. The SMILES string of the molecule is CN(Cc1ccccn1)c1ccc(CBr)cc1Cl. The van der Waals surface area contributed by atoms with Gasteiger partial charge in [-0.2, -0.15) is 0 Å². The van der Waals surface area contributed by atoms with Gasteiger partial charge in [0.2, 0.25) is 0 Å². The van der Waals surface area contributed by atoms with E-state index in [1.807, 2.05) is 37.4 Å². The second-order valence-corrected chi connectivity index (χ2v) is 5.06. The van der Waals surface area contributed by atoms with Gasteiger partial charge < -0.3 is 4.90 Å². The summed E-state index contributed by atoms with van der Waals surface area (Å²) in [4.78, 5) is 6.42. The molecule has 0 bridgehead atoms. The Hall–Kier alpha value is -1.06. The van der Waals surface area contributed by atoms with Crippen molar-refractivity contribution in [2.24, 2.45) is 0 Å². The molecule has 1 aromatic heterocycles. The average molecular weight is 326 g/mol. The molecule has 2 rings (SSSR count). The highest BCUT2D eigenvalue weighted by Crippen LogP contribution is 2.27. The van der Waals surface area contributed by atoms with Gasteiger partial charge in [0.15, 0.2) is 0 Å². The molecule has 18 heavy (non-hydrogen) atoms. The lowest BCUT2D eigenvalue weighted by atomic mass is 10.2. The Kier molecular flexibility index (Phi) is 4.61. The number of aromatic nitrogens is 1. The second kappa shape index (κ2) is 6.21. The monoisotopic (exact) mass is 324 g/mol. The fourth-order valence-corrected chi connectivity index (χ4v) is 2.46. The molecule has 0 aliphatic carbocycles. The van der Waals surface area contributed by atoms with Crippen molar-refractivity contribution >= 4 is 33.2 Å². The van der Waals surface area contributed by atoms with Gasteiger partial charge in [0.1, 0.15) is 0 Å². The zero-order valence-electron chi connectivity index (χ0n) is 10.1. The zero-order valence-corrected chi connectivity index (χ0v) is 12.4. The molecule has 1 heterocycles. The molecule has 4 heteroatoms. The van der Waals surface area contributed by atoms with Crippen molar-refractivity contribution in [3.8, 4) is 0 Å². The van der Waals surface area contributed by atoms with Crippen LogP contribution in [0.5, 0.6) is 0 Å². The van der Waals surface area contributed by atoms with E-state index in [0.717, 1.165) is 28.3 Å². The van der Waals surface area contributed by atoms with Crippen LogP contribution in [0.25, 0.3) is 0 Å². The molecule has 0 amide bonds. The number of alkyl halides is 1. The van der Waals surface area contributed by atoms with Crippen molar-refractivity contribution in [2.75, 3.05) is 11.9 Å². The van der Waals surface area contributed by atoms with E-state index in [1.54, 1.807) is 6.20 Å². The topological polar surface area (TPSA) is 16.1 Å². The Labute approximate surface area is 121 Å². The Morgan fingerprint density at radius 1 is 1.28 bits per heavy atom. The largest absolute Gasteiger partial charge is 0.367 e. The van der Waals surface area contributed by atoms with E-state index < -0.39 is 0 Å². The van der Waals surface area contributed by atoms with E-state index >= 15 is 0 Å². The average Bonchev–Trinajstić information content (AvgIpc) is 2.39. The second-order valence-electron chi connectivity index (χ2n) is 4.10. The van der Waals surface area contributed by atoms with Crippen LogP contribution in [0.2, 0.25) is 5.02 Å². The van der Waals surface area contributed by atoms with E-state index in [1.165, 1.54) is 5.56 Å². The van der Waals surface area contributed by atoms with E-state index in [2.05, 4.69) is 31.9 Å². The number of halogens is 2. The van der Waals surface area contributed by atoms with Crippen molar-refractivity contribution in [1.82, 2.24) is 4.98 Å².